The first kappa shape index (κ1) is 7.08. The normalized spacial score (nSPS) is 9.30. The van der Waals surface area contributed by atoms with Crippen molar-refractivity contribution in [3.05, 3.63) is 24.0 Å². The predicted octanol–water partition coefficient (Wildman–Crippen LogP) is 1.30. The second-order valence-corrected chi connectivity index (χ2v) is 2.46. The van der Waals surface area contributed by atoms with Crippen molar-refractivity contribution in [2.75, 3.05) is 0 Å². The molecule has 0 aromatic carbocycles. The number of aromatic nitrogens is 2. The summed E-state index contributed by atoms with van der Waals surface area (Å²) in [6, 6.07) is 0. The Morgan fingerprint density at radius 1 is 1.80 bits per heavy atom. The van der Waals surface area contributed by atoms with Gasteiger partial charge in [0.1, 0.15) is 5.69 Å². The molecule has 0 unspecified atom stereocenters. The summed E-state index contributed by atoms with van der Waals surface area (Å²) in [5.41, 5.74) is 0.880. The summed E-state index contributed by atoms with van der Waals surface area (Å²) in [6.07, 6.45) is 1.45. The van der Waals surface area contributed by atoms with E-state index >= 15 is 0 Å². The van der Waals surface area contributed by atoms with Crippen LogP contribution in [0.4, 0.5) is 0 Å². The number of carbonyl (C=O) groups is 1. The minimum absolute atomic E-state index is 0.131. The van der Waals surface area contributed by atoms with E-state index in [4.69, 9.17) is 0 Å². The quantitative estimate of drug-likeness (QED) is 0.476. The molecule has 1 aromatic heterocycles. The Labute approximate surface area is 62.7 Å². The van der Waals surface area contributed by atoms with Crippen molar-refractivity contribution >= 4 is 17.5 Å². The SMILES string of the molecule is C=C(C)C(=O)c1cnsn1. The van der Waals surface area contributed by atoms with E-state index in [9.17, 15) is 4.79 Å². The van der Waals surface area contributed by atoms with Gasteiger partial charge in [-0.05, 0) is 12.5 Å². The molecule has 52 valence electrons. The highest BCUT2D eigenvalue weighted by molar-refractivity contribution is 6.99. The van der Waals surface area contributed by atoms with Gasteiger partial charge in [0.2, 0.25) is 5.78 Å². The van der Waals surface area contributed by atoms with Gasteiger partial charge in [-0.15, -0.1) is 0 Å². The molecule has 0 saturated carbocycles. The zero-order valence-electron chi connectivity index (χ0n) is 5.50. The molecule has 0 radical (unpaired) electrons. The molecule has 0 amide bonds. The first-order valence-electron chi connectivity index (χ1n) is 2.69. The largest absolute Gasteiger partial charge is 0.287 e. The second-order valence-electron chi connectivity index (χ2n) is 1.90. The fourth-order valence-electron chi connectivity index (χ4n) is 0.483. The maximum Gasteiger partial charge on any atom is 0.209 e. The molecule has 0 aliphatic heterocycles. The van der Waals surface area contributed by atoms with Gasteiger partial charge in [-0.1, -0.05) is 6.58 Å². The Balaban J connectivity index is 2.88. The van der Waals surface area contributed by atoms with E-state index < -0.39 is 0 Å². The average molecular weight is 154 g/mol. The summed E-state index contributed by atoms with van der Waals surface area (Å²) in [5.74, 6) is -0.131. The molecule has 0 aliphatic rings. The van der Waals surface area contributed by atoms with Crippen LogP contribution in [0.5, 0.6) is 0 Å². The lowest BCUT2D eigenvalue weighted by Gasteiger charge is -1.89. The summed E-state index contributed by atoms with van der Waals surface area (Å²) in [7, 11) is 0. The van der Waals surface area contributed by atoms with Crippen LogP contribution < -0.4 is 0 Å². The zero-order chi connectivity index (χ0) is 7.56. The van der Waals surface area contributed by atoms with Gasteiger partial charge in [-0.2, -0.15) is 8.75 Å². The van der Waals surface area contributed by atoms with E-state index in [1.807, 2.05) is 0 Å². The second kappa shape index (κ2) is 2.70. The van der Waals surface area contributed by atoms with E-state index in [0.29, 0.717) is 11.3 Å². The number of nitrogens with zero attached hydrogens (tertiary/aromatic N) is 2. The highest BCUT2D eigenvalue weighted by Gasteiger charge is 2.07. The van der Waals surface area contributed by atoms with Crippen LogP contribution in [0.25, 0.3) is 0 Å². The minimum atomic E-state index is -0.131. The average Bonchev–Trinajstić information content (AvgIpc) is 2.36. The van der Waals surface area contributed by atoms with E-state index in [-0.39, 0.29) is 5.78 Å². The molecular weight excluding hydrogens is 148 g/mol. The van der Waals surface area contributed by atoms with Gasteiger partial charge >= 0.3 is 0 Å². The third kappa shape index (κ3) is 1.27. The molecule has 0 bridgehead atoms. The minimum Gasteiger partial charge on any atom is -0.287 e. The van der Waals surface area contributed by atoms with Crippen LogP contribution in [0.3, 0.4) is 0 Å². The lowest BCUT2D eigenvalue weighted by Crippen LogP contribution is -1.98. The molecule has 1 rings (SSSR count). The Bertz CT molecular complexity index is 253. The Morgan fingerprint density at radius 3 is 2.90 bits per heavy atom. The van der Waals surface area contributed by atoms with Gasteiger partial charge in [0, 0.05) is 0 Å². The standard InChI is InChI=1S/C6H6N2OS/c1-4(2)6(9)5-3-7-10-8-5/h3H,1H2,2H3. The summed E-state index contributed by atoms with van der Waals surface area (Å²) in [4.78, 5) is 11.0. The smallest absolute Gasteiger partial charge is 0.209 e. The van der Waals surface area contributed by atoms with Crippen molar-refractivity contribution in [3.63, 3.8) is 0 Å². The van der Waals surface area contributed by atoms with Gasteiger partial charge in [0.25, 0.3) is 0 Å². The van der Waals surface area contributed by atoms with Crippen molar-refractivity contribution in [1.82, 2.24) is 8.75 Å². The Morgan fingerprint density at radius 2 is 2.50 bits per heavy atom. The molecule has 0 N–H and O–H groups in total. The third-order valence-corrected chi connectivity index (χ3v) is 1.46. The van der Waals surface area contributed by atoms with Crippen LogP contribution >= 0.6 is 11.7 Å². The highest BCUT2D eigenvalue weighted by Crippen LogP contribution is 2.02. The molecule has 0 aliphatic carbocycles. The highest BCUT2D eigenvalue weighted by atomic mass is 32.1. The summed E-state index contributed by atoms with van der Waals surface area (Å²) < 4.78 is 7.45. The third-order valence-electron chi connectivity index (χ3n) is 0.982. The van der Waals surface area contributed by atoms with Crippen LogP contribution in [-0.2, 0) is 0 Å². The predicted molar refractivity (Wildman–Crippen MR) is 39.1 cm³/mol. The van der Waals surface area contributed by atoms with Gasteiger partial charge in [-0.25, -0.2) is 0 Å². The first-order valence-corrected chi connectivity index (χ1v) is 3.42. The lowest BCUT2D eigenvalue weighted by atomic mass is 10.2. The summed E-state index contributed by atoms with van der Waals surface area (Å²) >= 11 is 1.02. The summed E-state index contributed by atoms with van der Waals surface area (Å²) in [5, 5.41) is 0. The monoisotopic (exact) mass is 154 g/mol. The molecule has 0 atom stereocenters. The molecular formula is C6H6N2OS. The number of ketones is 1. The fourth-order valence-corrected chi connectivity index (χ4v) is 0.895. The first-order chi connectivity index (χ1) is 4.72. The molecule has 0 fully saturated rings. The van der Waals surface area contributed by atoms with Crippen molar-refractivity contribution < 1.29 is 4.79 Å². The van der Waals surface area contributed by atoms with Gasteiger partial charge < -0.3 is 0 Å². The Kier molecular flexibility index (Phi) is 1.91. The molecule has 3 nitrogen and oxygen atoms in total. The molecule has 1 heterocycles. The zero-order valence-corrected chi connectivity index (χ0v) is 6.31. The molecule has 4 heteroatoms. The maximum atomic E-state index is 11.0. The van der Waals surface area contributed by atoms with Gasteiger partial charge in [-0.3, -0.25) is 4.79 Å². The van der Waals surface area contributed by atoms with Crippen LogP contribution in [0.15, 0.2) is 18.3 Å². The fraction of sp³-hybridized carbons (Fsp3) is 0.167. The van der Waals surface area contributed by atoms with Crippen molar-refractivity contribution in [2.24, 2.45) is 0 Å². The Hall–Kier alpha value is -1.03. The lowest BCUT2D eigenvalue weighted by molar-refractivity contribution is 0.103. The van der Waals surface area contributed by atoms with Crippen molar-refractivity contribution in [1.29, 1.82) is 0 Å². The number of carbonyl (C=O) groups excluding carboxylic acids is 1. The van der Waals surface area contributed by atoms with E-state index in [1.165, 1.54) is 6.20 Å². The summed E-state index contributed by atoms with van der Waals surface area (Å²) in [6.45, 7) is 5.15. The molecule has 0 spiro atoms. The molecule has 0 saturated heterocycles. The molecule has 10 heavy (non-hydrogen) atoms. The number of Topliss-reactive ketones (excluding diaryl/α,β-unsaturated/α-hetero) is 1. The topological polar surface area (TPSA) is 42.9 Å². The van der Waals surface area contributed by atoms with Crippen LogP contribution in [0.1, 0.15) is 17.4 Å². The van der Waals surface area contributed by atoms with E-state index in [1.54, 1.807) is 6.92 Å². The van der Waals surface area contributed by atoms with Crippen molar-refractivity contribution in [2.45, 2.75) is 6.92 Å². The van der Waals surface area contributed by atoms with Gasteiger partial charge in [0.05, 0.1) is 17.9 Å². The van der Waals surface area contributed by atoms with Crippen molar-refractivity contribution in [3.8, 4) is 0 Å². The van der Waals surface area contributed by atoms with E-state index in [0.717, 1.165) is 11.7 Å². The number of hydrogen-bond donors (Lipinski definition) is 0. The van der Waals surface area contributed by atoms with Crippen LogP contribution in [0, 0.1) is 0 Å². The van der Waals surface area contributed by atoms with Crippen LogP contribution in [0.2, 0.25) is 0 Å². The number of allylic oxidation sites excluding steroid dienone is 1. The maximum absolute atomic E-state index is 11.0. The van der Waals surface area contributed by atoms with Crippen LogP contribution in [-0.4, -0.2) is 14.5 Å². The number of hydrogen-bond acceptors (Lipinski definition) is 4. The van der Waals surface area contributed by atoms with E-state index in [2.05, 4.69) is 15.3 Å². The molecule has 1 aromatic rings. The number of rotatable bonds is 2. The van der Waals surface area contributed by atoms with Gasteiger partial charge in [0.15, 0.2) is 0 Å².